The highest BCUT2D eigenvalue weighted by molar-refractivity contribution is 14.0. The highest BCUT2D eigenvalue weighted by Crippen LogP contribution is 2.03. The van der Waals surface area contributed by atoms with E-state index >= 15 is 0 Å². The van der Waals surface area contributed by atoms with Crippen LogP contribution in [0.1, 0.15) is 26.0 Å². The molecule has 0 saturated carbocycles. The summed E-state index contributed by atoms with van der Waals surface area (Å²) in [5, 5.41) is 2.98. The lowest BCUT2D eigenvalue weighted by Gasteiger charge is -2.07. The zero-order valence-electron chi connectivity index (χ0n) is 10.7. The van der Waals surface area contributed by atoms with E-state index in [1.165, 1.54) is 12.3 Å². The third kappa shape index (κ3) is 6.73. The second-order valence-corrected chi connectivity index (χ2v) is 4.24. The van der Waals surface area contributed by atoms with Gasteiger partial charge < -0.3 is 11.1 Å². The van der Waals surface area contributed by atoms with Crippen LogP contribution >= 0.6 is 24.0 Å². The predicted octanol–water partition coefficient (Wildman–Crippen LogP) is 2.29. The molecule has 0 bridgehead atoms. The number of nitrogens with zero attached hydrogens (tertiary/aromatic N) is 2. The molecule has 0 fully saturated rings. The first-order valence-corrected chi connectivity index (χ1v) is 5.72. The number of nitrogens with one attached hydrogen (secondary N) is 1. The molecule has 0 amide bonds. The average molecular weight is 366 g/mol. The van der Waals surface area contributed by atoms with Gasteiger partial charge in [0.1, 0.15) is 5.82 Å². The number of rotatable bonds is 5. The molecule has 0 radical (unpaired) electrons. The maximum atomic E-state index is 13.2. The van der Waals surface area contributed by atoms with E-state index in [2.05, 4.69) is 29.1 Å². The second-order valence-electron chi connectivity index (χ2n) is 4.24. The van der Waals surface area contributed by atoms with Crippen LogP contribution in [0.2, 0.25) is 0 Å². The van der Waals surface area contributed by atoms with Crippen molar-refractivity contribution in [3.63, 3.8) is 0 Å². The van der Waals surface area contributed by atoms with Crippen molar-refractivity contribution < 1.29 is 4.39 Å². The number of nitrogens with two attached hydrogens (primary N) is 1. The first kappa shape index (κ1) is 17.1. The molecule has 0 aliphatic heterocycles. The van der Waals surface area contributed by atoms with Crippen LogP contribution in [0.4, 0.5) is 4.39 Å². The molecule has 1 aromatic heterocycles. The second kappa shape index (κ2) is 9.07. The van der Waals surface area contributed by atoms with Crippen LogP contribution in [-0.4, -0.2) is 17.5 Å². The zero-order valence-corrected chi connectivity index (χ0v) is 13.0. The summed E-state index contributed by atoms with van der Waals surface area (Å²) >= 11 is 0. The van der Waals surface area contributed by atoms with Crippen molar-refractivity contribution in [2.45, 2.75) is 26.8 Å². The number of pyridine rings is 1. The molecule has 1 heterocycles. The molecule has 18 heavy (non-hydrogen) atoms. The van der Waals surface area contributed by atoms with Crippen molar-refractivity contribution in [2.24, 2.45) is 16.6 Å². The summed E-state index contributed by atoms with van der Waals surface area (Å²) in [5.41, 5.74) is 5.95. The van der Waals surface area contributed by atoms with Crippen molar-refractivity contribution in [3.05, 3.63) is 29.8 Å². The quantitative estimate of drug-likeness (QED) is 0.478. The van der Waals surface area contributed by atoms with Gasteiger partial charge >= 0.3 is 0 Å². The molecular formula is C12H20FIN4. The normalized spacial score (nSPS) is 11.2. The molecule has 0 saturated heterocycles. The third-order valence-electron chi connectivity index (χ3n) is 2.26. The van der Waals surface area contributed by atoms with E-state index in [4.69, 9.17) is 5.73 Å². The van der Waals surface area contributed by atoms with Crippen molar-refractivity contribution >= 4 is 29.9 Å². The van der Waals surface area contributed by atoms with Gasteiger partial charge in [0, 0.05) is 12.7 Å². The first-order chi connectivity index (χ1) is 8.09. The topological polar surface area (TPSA) is 63.3 Å². The van der Waals surface area contributed by atoms with Gasteiger partial charge in [0.25, 0.3) is 0 Å². The fraction of sp³-hybridized carbons (Fsp3) is 0.500. The summed E-state index contributed by atoms with van der Waals surface area (Å²) in [4.78, 5) is 7.93. The summed E-state index contributed by atoms with van der Waals surface area (Å²) in [7, 11) is 0. The van der Waals surface area contributed by atoms with E-state index in [1.807, 2.05) is 0 Å². The van der Waals surface area contributed by atoms with E-state index in [0.29, 0.717) is 17.6 Å². The Bertz CT molecular complexity index is 382. The summed E-state index contributed by atoms with van der Waals surface area (Å²) in [6.45, 7) is 5.21. The van der Waals surface area contributed by atoms with E-state index in [-0.39, 0.29) is 36.3 Å². The largest absolute Gasteiger partial charge is 0.370 e. The standard InChI is InChI=1S/C12H19FN4.HI/c1-9(2)5-7-16-12(14)17-8-11-10(13)4-3-6-15-11;/h3-4,6,9H,5,7-8H2,1-2H3,(H3,14,16,17);1H. The maximum absolute atomic E-state index is 13.2. The van der Waals surface area contributed by atoms with Crippen LogP contribution < -0.4 is 11.1 Å². The molecule has 0 aliphatic rings. The van der Waals surface area contributed by atoms with Crippen molar-refractivity contribution in [1.82, 2.24) is 10.3 Å². The van der Waals surface area contributed by atoms with E-state index < -0.39 is 0 Å². The summed E-state index contributed by atoms with van der Waals surface area (Å²) < 4.78 is 13.2. The number of guanidine groups is 1. The molecule has 0 unspecified atom stereocenters. The predicted molar refractivity (Wildman–Crippen MR) is 82.4 cm³/mol. The van der Waals surface area contributed by atoms with Crippen LogP contribution in [-0.2, 0) is 6.54 Å². The number of aliphatic imine (C=N–C) groups is 1. The molecule has 0 atom stereocenters. The summed E-state index contributed by atoms with van der Waals surface area (Å²) in [6.07, 6.45) is 2.56. The maximum Gasteiger partial charge on any atom is 0.188 e. The Morgan fingerprint density at radius 2 is 2.28 bits per heavy atom. The Labute approximate surface area is 124 Å². The molecule has 1 aromatic rings. The lowest BCUT2D eigenvalue weighted by atomic mass is 10.1. The highest BCUT2D eigenvalue weighted by Gasteiger charge is 2.01. The molecule has 4 nitrogen and oxygen atoms in total. The Morgan fingerprint density at radius 3 is 2.89 bits per heavy atom. The molecule has 0 aromatic carbocycles. The van der Waals surface area contributed by atoms with Crippen LogP contribution in [0.25, 0.3) is 0 Å². The Kier molecular flexibility index (Phi) is 8.61. The van der Waals surface area contributed by atoms with Crippen LogP contribution in [0.15, 0.2) is 23.3 Å². The fourth-order valence-electron chi connectivity index (χ4n) is 1.24. The SMILES string of the molecule is CC(C)CCNC(N)=NCc1ncccc1F.I. The van der Waals surface area contributed by atoms with Crippen LogP contribution in [0.3, 0.4) is 0 Å². The minimum absolute atomic E-state index is 0. The molecule has 1 rings (SSSR count). The third-order valence-corrected chi connectivity index (χ3v) is 2.26. The number of hydrogen-bond acceptors (Lipinski definition) is 2. The van der Waals surface area contributed by atoms with E-state index in [1.54, 1.807) is 6.07 Å². The molecule has 0 spiro atoms. The average Bonchev–Trinajstić information content (AvgIpc) is 2.27. The van der Waals surface area contributed by atoms with E-state index in [9.17, 15) is 4.39 Å². The lowest BCUT2D eigenvalue weighted by Crippen LogP contribution is -2.32. The van der Waals surface area contributed by atoms with Crippen molar-refractivity contribution in [1.29, 1.82) is 0 Å². The highest BCUT2D eigenvalue weighted by atomic mass is 127. The van der Waals surface area contributed by atoms with Gasteiger partial charge in [-0.25, -0.2) is 9.38 Å². The Morgan fingerprint density at radius 1 is 1.56 bits per heavy atom. The minimum Gasteiger partial charge on any atom is -0.370 e. The number of halogens is 2. The van der Waals surface area contributed by atoms with Gasteiger partial charge in [-0.1, -0.05) is 13.8 Å². The lowest BCUT2D eigenvalue weighted by molar-refractivity contribution is 0.576. The first-order valence-electron chi connectivity index (χ1n) is 5.72. The van der Waals surface area contributed by atoms with Crippen LogP contribution in [0.5, 0.6) is 0 Å². The van der Waals surface area contributed by atoms with Gasteiger partial charge in [0.05, 0.1) is 12.2 Å². The van der Waals surface area contributed by atoms with E-state index in [0.717, 1.165) is 13.0 Å². The monoisotopic (exact) mass is 366 g/mol. The van der Waals surface area contributed by atoms with Gasteiger partial charge in [-0.15, -0.1) is 24.0 Å². The Hall–Kier alpha value is -0.920. The summed E-state index contributed by atoms with van der Waals surface area (Å²) in [5.74, 6) is 0.588. The van der Waals surface area contributed by atoms with Gasteiger partial charge in [-0.3, -0.25) is 4.98 Å². The molecule has 0 aliphatic carbocycles. The molecule has 3 N–H and O–H groups in total. The van der Waals surface area contributed by atoms with Gasteiger partial charge in [-0.2, -0.15) is 0 Å². The van der Waals surface area contributed by atoms with Gasteiger partial charge in [0.2, 0.25) is 0 Å². The smallest absolute Gasteiger partial charge is 0.188 e. The van der Waals surface area contributed by atoms with Gasteiger partial charge in [-0.05, 0) is 24.5 Å². The zero-order chi connectivity index (χ0) is 12.7. The van der Waals surface area contributed by atoms with Crippen molar-refractivity contribution in [3.8, 4) is 0 Å². The Balaban J connectivity index is 0.00000289. The molecule has 6 heteroatoms. The minimum atomic E-state index is -0.355. The van der Waals surface area contributed by atoms with Crippen LogP contribution in [0, 0.1) is 11.7 Å². The fourth-order valence-corrected chi connectivity index (χ4v) is 1.24. The molecule has 102 valence electrons. The van der Waals surface area contributed by atoms with Gasteiger partial charge in [0.15, 0.2) is 5.96 Å². The number of hydrogen-bond donors (Lipinski definition) is 2. The number of aromatic nitrogens is 1. The summed E-state index contributed by atoms with van der Waals surface area (Å²) in [6, 6.07) is 2.91. The molecular weight excluding hydrogens is 346 g/mol. The van der Waals surface area contributed by atoms with Crippen molar-refractivity contribution in [2.75, 3.05) is 6.54 Å².